The maximum atomic E-state index is 12.6. The number of rotatable bonds is 6. The Morgan fingerprint density at radius 2 is 2.00 bits per heavy atom. The van der Waals surface area contributed by atoms with Crippen LogP contribution >= 0.6 is 0 Å². The lowest BCUT2D eigenvalue weighted by Gasteiger charge is -2.18. The fourth-order valence-electron chi connectivity index (χ4n) is 2.69. The molecule has 3 rings (SSSR count). The molecule has 138 valence electrons. The van der Waals surface area contributed by atoms with E-state index in [4.69, 9.17) is 0 Å². The summed E-state index contributed by atoms with van der Waals surface area (Å²) >= 11 is 0. The first-order valence-electron chi connectivity index (χ1n) is 8.56. The highest BCUT2D eigenvalue weighted by Crippen LogP contribution is 2.18. The number of carbonyl (C=O) groups is 1. The average molecular weight is 364 g/mol. The van der Waals surface area contributed by atoms with Gasteiger partial charge < -0.3 is 15.4 Å². The van der Waals surface area contributed by atoms with Crippen LogP contribution in [-0.4, -0.2) is 32.6 Å². The standard InChI is InChI=1S/C20H20N4O3/c1-13-4-6-14(7-5-13)17(8-10-25)23-19(26)16-12-22-18(24-20(16)27)15-3-2-9-21-11-15/h2-7,9,11-12,17,25H,8,10H2,1H3,(H,23,26)(H,22,24,27). The van der Waals surface area contributed by atoms with Crippen molar-refractivity contribution >= 4 is 5.91 Å². The molecule has 1 atom stereocenters. The molecule has 7 heteroatoms. The summed E-state index contributed by atoms with van der Waals surface area (Å²) in [4.78, 5) is 35.7. The van der Waals surface area contributed by atoms with Crippen LogP contribution in [-0.2, 0) is 0 Å². The maximum absolute atomic E-state index is 12.6. The van der Waals surface area contributed by atoms with Crippen molar-refractivity contribution in [3.8, 4) is 11.4 Å². The Balaban J connectivity index is 1.82. The molecular weight excluding hydrogens is 344 g/mol. The number of carbonyl (C=O) groups excluding carboxylic acids is 1. The van der Waals surface area contributed by atoms with Gasteiger partial charge in [-0.1, -0.05) is 29.8 Å². The number of aromatic amines is 1. The number of amides is 1. The highest BCUT2D eigenvalue weighted by Gasteiger charge is 2.18. The zero-order chi connectivity index (χ0) is 19.2. The van der Waals surface area contributed by atoms with Gasteiger partial charge in [0.25, 0.3) is 11.5 Å². The number of nitrogens with one attached hydrogen (secondary N) is 2. The number of pyridine rings is 1. The van der Waals surface area contributed by atoms with Gasteiger partial charge in [0.05, 0.1) is 6.04 Å². The van der Waals surface area contributed by atoms with E-state index in [1.54, 1.807) is 24.5 Å². The predicted molar refractivity (Wildman–Crippen MR) is 101 cm³/mol. The second-order valence-corrected chi connectivity index (χ2v) is 6.17. The summed E-state index contributed by atoms with van der Waals surface area (Å²) in [6.45, 7) is 1.88. The Hall–Kier alpha value is -3.32. The van der Waals surface area contributed by atoms with Crippen molar-refractivity contribution in [1.29, 1.82) is 0 Å². The van der Waals surface area contributed by atoms with Gasteiger partial charge in [-0.2, -0.15) is 0 Å². The third-order valence-electron chi connectivity index (χ3n) is 4.18. The van der Waals surface area contributed by atoms with Crippen LogP contribution in [0, 0.1) is 6.92 Å². The zero-order valence-electron chi connectivity index (χ0n) is 14.8. The van der Waals surface area contributed by atoms with E-state index in [0.29, 0.717) is 17.8 Å². The number of hydrogen-bond donors (Lipinski definition) is 3. The first kappa shape index (κ1) is 18.5. The molecule has 27 heavy (non-hydrogen) atoms. The highest BCUT2D eigenvalue weighted by atomic mass is 16.3. The molecule has 2 aromatic heterocycles. The quantitative estimate of drug-likeness (QED) is 0.620. The van der Waals surface area contributed by atoms with Gasteiger partial charge in [0, 0.05) is 30.8 Å². The molecule has 0 saturated carbocycles. The van der Waals surface area contributed by atoms with Gasteiger partial charge in [-0.05, 0) is 31.0 Å². The van der Waals surface area contributed by atoms with Gasteiger partial charge in [-0.15, -0.1) is 0 Å². The molecule has 3 N–H and O–H groups in total. The molecule has 0 spiro atoms. The van der Waals surface area contributed by atoms with Crippen molar-refractivity contribution in [2.75, 3.05) is 6.61 Å². The van der Waals surface area contributed by atoms with Crippen LogP contribution in [0.4, 0.5) is 0 Å². The molecule has 0 radical (unpaired) electrons. The monoisotopic (exact) mass is 364 g/mol. The second-order valence-electron chi connectivity index (χ2n) is 6.17. The molecule has 1 amide bonds. The van der Waals surface area contributed by atoms with Crippen molar-refractivity contribution in [2.45, 2.75) is 19.4 Å². The van der Waals surface area contributed by atoms with E-state index < -0.39 is 17.5 Å². The highest BCUT2D eigenvalue weighted by molar-refractivity contribution is 5.93. The van der Waals surface area contributed by atoms with Crippen molar-refractivity contribution in [3.63, 3.8) is 0 Å². The molecule has 2 heterocycles. The van der Waals surface area contributed by atoms with Crippen molar-refractivity contribution < 1.29 is 9.90 Å². The molecule has 0 saturated heterocycles. The topological polar surface area (TPSA) is 108 Å². The Bertz CT molecular complexity index is 969. The summed E-state index contributed by atoms with van der Waals surface area (Å²) in [5.41, 5.74) is 1.99. The van der Waals surface area contributed by atoms with Crippen molar-refractivity contribution in [1.82, 2.24) is 20.3 Å². The summed E-state index contributed by atoms with van der Waals surface area (Å²) in [6.07, 6.45) is 4.79. The fraction of sp³-hybridized carbons (Fsp3) is 0.200. The van der Waals surface area contributed by atoms with E-state index in [0.717, 1.165) is 11.1 Å². The molecule has 0 aliphatic carbocycles. The lowest BCUT2D eigenvalue weighted by atomic mass is 10.0. The molecule has 7 nitrogen and oxygen atoms in total. The normalized spacial score (nSPS) is 11.8. The zero-order valence-corrected chi connectivity index (χ0v) is 14.8. The third-order valence-corrected chi connectivity index (χ3v) is 4.18. The number of H-pyrrole nitrogens is 1. The van der Waals surface area contributed by atoms with Crippen LogP contribution < -0.4 is 10.9 Å². The first-order valence-corrected chi connectivity index (χ1v) is 8.56. The minimum atomic E-state index is -0.541. The molecule has 1 unspecified atom stereocenters. The van der Waals surface area contributed by atoms with Crippen LogP contribution in [0.3, 0.4) is 0 Å². The number of aliphatic hydroxyl groups excluding tert-OH is 1. The summed E-state index contributed by atoms with van der Waals surface area (Å²) < 4.78 is 0. The first-order chi connectivity index (χ1) is 13.1. The van der Waals surface area contributed by atoms with Gasteiger partial charge in [-0.3, -0.25) is 14.6 Å². The number of aromatic nitrogens is 3. The largest absolute Gasteiger partial charge is 0.396 e. The van der Waals surface area contributed by atoms with E-state index in [1.807, 2.05) is 31.2 Å². The number of hydrogen-bond acceptors (Lipinski definition) is 5. The average Bonchev–Trinajstić information content (AvgIpc) is 2.69. The Morgan fingerprint density at radius 3 is 2.63 bits per heavy atom. The van der Waals surface area contributed by atoms with Crippen molar-refractivity contribution in [3.05, 3.63) is 82.0 Å². The SMILES string of the molecule is Cc1ccc(C(CCO)NC(=O)c2cnc(-c3cccnc3)[nH]c2=O)cc1. The number of benzene rings is 1. The molecule has 0 bridgehead atoms. The van der Waals surface area contributed by atoms with Gasteiger partial charge in [-0.25, -0.2) is 4.98 Å². The molecule has 1 aromatic carbocycles. The summed E-state index contributed by atoms with van der Waals surface area (Å²) in [7, 11) is 0. The minimum absolute atomic E-state index is 0.0855. The molecule has 0 fully saturated rings. The number of aryl methyl sites for hydroxylation is 1. The van der Waals surface area contributed by atoms with Crippen LogP contribution in [0.25, 0.3) is 11.4 Å². The lowest BCUT2D eigenvalue weighted by Crippen LogP contribution is -2.33. The Kier molecular flexibility index (Phi) is 5.73. The minimum Gasteiger partial charge on any atom is -0.396 e. The third kappa shape index (κ3) is 4.45. The summed E-state index contributed by atoms with van der Waals surface area (Å²) in [6, 6.07) is 10.7. The smallest absolute Gasteiger partial charge is 0.264 e. The van der Waals surface area contributed by atoms with E-state index in [1.165, 1.54) is 6.20 Å². The molecule has 0 aliphatic rings. The second kappa shape index (κ2) is 8.37. The van der Waals surface area contributed by atoms with Crippen LogP contribution in [0.5, 0.6) is 0 Å². The van der Waals surface area contributed by atoms with Crippen LogP contribution in [0.2, 0.25) is 0 Å². The van der Waals surface area contributed by atoms with E-state index >= 15 is 0 Å². The summed E-state index contributed by atoms with van der Waals surface area (Å²) in [5, 5.41) is 12.1. The predicted octanol–water partition coefficient (Wildman–Crippen LogP) is 1.99. The number of nitrogens with zero attached hydrogens (tertiary/aromatic N) is 2. The molecule has 0 aliphatic heterocycles. The molecular formula is C20H20N4O3. The Labute approximate surface area is 156 Å². The van der Waals surface area contributed by atoms with E-state index in [2.05, 4.69) is 20.3 Å². The summed E-state index contributed by atoms with van der Waals surface area (Å²) in [5.74, 6) is -0.199. The van der Waals surface area contributed by atoms with Gasteiger partial charge in [0.15, 0.2) is 0 Å². The van der Waals surface area contributed by atoms with Crippen LogP contribution in [0.15, 0.2) is 59.8 Å². The molecule has 3 aromatic rings. The van der Waals surface area contributed by atoms with E-state index in [9.17, 15) is 14.7 Å². The van der Waals surface area contributed by atoms with Crippen LogP contribution in [0.1, 0.15) is 33.9 Å². The number of aliphatic hydroxyl groups is 1. The maximum Gasteiger partial charge on any atom is 0.264 e. The van der Waals surface area contributed by atoms with Gasteiger partial charge >= 0.3 is 0 Å². The van der Waals surface area contributed by atoms with Gasteiger partial charge in [0.1, 0.15) is 11.4 Å². The lowest BCUT2D eigenvalue weighted by molar-refractivity contribution is 0.0928. The van der Waals surface area contributed by atoms with Crippen molar-refractivity contribution in [2.24, 2.45) is 0 Å². The fourth-order valence-corrected chi connectivity index (χ4v) is 2.69. The van der Waals surface area contributed by atoms with E-state index in [-0.39, 0.29) is 12.2 Å². The van der Waals surface area contributed by atoms with Gasteiger partial charge in [0.2, 0.25) is 0 Å². The Morgan fingerprint density at radius 1 is 1.22 bits per heavy atom.